The van der Waals surface area contributed by atoms with Crippen LogP contribution in [0.1, 0.15) is 47.5 Å². The Hall–Kier alpha value is -2.31. The second-order valence-electron chi connectivity index (χ2n) is 8.35. The smallest absolute Gasteiger partial charge is 0.350 e. The second-order valence-corrected chi connectivity index (χ2v) is 8.35. The fourth-order valence-electron chi connectivity index (χ4n) is 2.93. The van der Waals surface area contributed by atoms with Crippen LogP contribution in [0.25, 0.3) is 0 Å². The fourth-order valence-corrected chi connectivity index (χ4v) is 2.93. The number of nitrogens with zero attached hydrogens (tertiary/aromatic N) is 1. The number of aliphatic carboxylic acids is 1. The summed E-state index contributed by atoms with van der Waals surface area (Å²) in [5.74, 6) is -2.06. The molecule has 0 saturated carbocycles. The van der Waals surface area contributed by atoms with Gasteiger partial charge in [0.15, 0.2) is 5.60 Å². The molecule has 1 atom stereocenters. The third-order valence-corrected chi connectivity index (χ3v) is 4.29. The highest BCUT2D eigenvalue weighted by molar-refractivity contribution is 5.79. The molecular formula is C20H28FNO5. The number of ether oxygens (including phenoxy) is 2. The Kier molecular flexibility index (Phi) is 6.02. The van der Waals surface area contributed by atoms with Crippen molar-refractivity contribution in [3.8, 4) is 5.75 Å². The molecule has 1 N–H and O–H groups in total. The molecule has 0 bridgehead atoms. The molecule has 0 amide bonds. The first kappa shape index (κ1) is 21.0. The van der Waals surface area contributed by atoms with E-state index in [1.165, 1.54) is 18.2 Å². The molecule has 1 aliphatic rings. The van der Waals surface area contributed by atoms with E-state index in [1.807, 2.05) is 0 Å². The van der Waals surface area contributed by atoms with Crippen LogP contribution in [-0.4, -0.2) is 41.3 Å². The summed E-state index contributed by atoms with van der Waals surface area (Å²) < 4.78 is 25.5. The molecule has 0 aliphatic carbocycles. The molecule has 0 aromatic heterocycles. The van der Waals surface area contributed by atoms with Crippen LogP contribution in [0.4, 0.5) is 10.1 Å². The van der Waals surface area contributed by atoms with E-state index in [-0.39, 0.29) is 12.2 Å². The molecule has 1 aromatic carbocycles. The van der Waals surface area contributed by atoms with Crippen LogP contribution >= 0.6 is 0 Å². The van der Waals surface area contributed by atoms with Crippen LogP contribution in [0.2, 0.25) is 0 Å². The largest absolute Gasteiger partial charge is 0.481 e. The molecule has 1 fully saturated rings. The number of hydrogen-bond acceptors (Lipinski definition) is 5. The second kappa shape index (κ2) is 7.74. The molecule has 150 valence electrons. The predicted octanol–water partition coefficient (Wildman–Crippen LogP) is 3.63. The maximum absolute atomic E-state index is 14.4. The normalized spacial score (nSPS) is 18.1. The van der Waals surface area contributed by atoms with E-state index in [1.54, 1.807) is 39.5 Å². The molecule has 1 saturated heterocycles. The summed E-state index contributed by atoms with van der Waals surface area (Å²) in [5.41, 5.74) is -1.63. The number of piperidine rings is 1. The number of rotatable bonds is 5. The summed E-state index contributed by atoms with van der Waals surface area (Å²) >= 11 is 0. The van der Waals surface area contributed by atoms with Gasteiger partial charge in [0, 0.05) is 19.2 Å². The van der Waals surface area contributed by atoms with E-state index >= 15 is 0 Å². The highest BCUT2D eigenvalue weighted by Crippen LogP contribution is 2.31. The van der Waals surface area contributed by atoms with Crippen molar-refractivity contribution in [2.45, 2.75) is 58.7 Å². The number of carboxylic acids is 1. The Morgan fingerprint density at radius 1 is 1.22 bits per heavy atom. The first-order valence-corrected chi connectivity index (χ1v) is 9.09. The van der Waals surface area contributed by atoms with Crippen molar-refractivity contribution in [2.75, 3.05) is 18.0 Å². The summed E-state index contributed by atoms with van der Waals surface area (Å²) in [7, 11) is 0. The van der Waals surface area contributed by atoms with Crippen LogP contribution < -0.4 is 9.64 Å². The van der Waals surface area contributed by atoms with E-state index in [2.05, 4.69) is 0 Å². The zero-order valence-corrected chi connectivity index (χ0v) is 16.5. The van der Waals surface area contributed by atoms with Gasteiger partial charge in [0.05, 0.1) is 11.6 Å². The van der Waals surface area contributed by atoms with Crippen molar-refractivity contribution in [2.24, 2.45) is 5.92 Å². The third kappa shape index (κ3) is 5.58. The molecule has 7 heteroatoms. The zero-order chi connectivity index (χ0) is 20.4. The Labute approximate surface area is 159 Å². The minimum atomic E-state index is -1.26. The van der Waals surface area contributed by atoms with Crippen LogP contribution in [0.15, 0.2) is 18.2 Å². The number of carbonyl (C=O) groups excluding carboxylic acids is 1. The highest BCUT2D eigenvalue weighted by Gasteiger charge is 2.35. The Morgan fingerprint density at radius 2 is 1.89 bits per heavy atom. The lowest BCUT2D eigenvalue weighted by Gasteiger charge is -2.33. The lowest BCUT2D eigenvalue weighted by atomic mass is 9.97. The Morgan fingerprint density at radius 3 is 2.48 bits per heavy atom. The molecule has 1 heterocycles. The number of carbonyl (C=O) groups is 2. The number of hydrogen-bond donors (Lipinski definition) is 1. The highest BCUT2D eigenvalue weighted by atomic mass is 19.1. The molecule has 0 radical (unpaired) electrons. The van der Waals surface area contributed by atoms with Gasteiger partial charge in [-0.1, -0.05) is 0 Å². The van der Waals surface area contributed by atoms with Gasteiger partial charge < -0.3 is 19.5 Å². The lowest BCUT2D eigenvalue weighted by molar-refractivity contribution is -0.170. The van der Waals surface area contributed by atoms with E-state index in [9.17, 15) is 19.1 Å². The third-order valence-electron chi connectivity index (χ3n) is 4.29. The lowest BCUT2D eigenvalue weighted by Crippen LogP contribution is -2.43. The van der Waals surface area contributed by atoms with Gasteiger partial charge in [-0.25, -0.2) is 9.18 Å². The first-order valence-electron chi connectivity index (χ1n) is 9.09. The van der Waals surface area contributed by atoms with Crippen LogP contribution in [-0.2, 0) is 14.3 Å². The number of esters is 1. The van der Waals surface area contributed by atoms with Crippen molar-refractivity contribution in [3.63, 3.8) is 0 Å². The minimum absolute atomic E-state index is 0.241. The maximum atomic E-state index is 14.4. The number of anilines is 1. The van der Waals surface area contributed by atoms with Gasteiger partial charge in [0.25, 0.3) is 0 Å². The van der Waals surface area contributed by atoms with Crippen molar-refractivity contribution in [1.29, 1.82) is 0 Å². The monoisotopic (exact) mass is 381 g/mol. The summed E-state index contributed by atoms with van der Waals surface area (Å²) in [4.78, 5) is 25.3. The van der Waals surface area contributed by atoms with Gasteiger partial charge in [0.2, 0.25) is 0 Å². The summed E-state index contributed by atoms with van der Waals surface area (Å²) in [5, 5.41) is 9.24. The van der Waals surface area contributed by atoms with Gasteiger partial charge in [-0.05, 0) is 59.6 Å². The molecule has 1 aromatic rings. The molecular weight excluding hydrogens is 353 g/mol. The van der Waals surface area contributed by atoms with E-state index in [0.717, 1.165) is 0 Å². The predicted molar refractivity (Wildman–Crippen MR) is 99.5 cm³/mol. The van der Waals surface area contributed by atoms with Crippen molar-refractivity contribution in [3.05, 3.63) is 24.0 Å². The standard InChI is InChI=1S/C20H28FNO5/c1-19(2,3)27-18(25)20(4,5)26-14-8-9-15(21)16(11-14)22-10-6-7-13(12-22)17(23)24/h8-9,11,13H,6-7,10,12H2,1-5H3,(H,23,24)/t13-/m1/s1. The molecule has 0 unspecified atom stereocenters. The SMILES string of the molecule is CC(C)(C)OC(=O)C(C)(C)Oc1ccc(F)c(N2CCC[C@@H](C(=O)O)C2)c1. The van der Waals surface area contributed by atoms with Gasteiger partial charge in [-0.3, -0.25) is 4.79 Å². The van der Waals surface area contributed by atoms with Crippen molar-refractivity contribution < 1.29 is 28.6 Å². The molecule has 2 rings (SSSR count). The minimum Gasteiger partial charge on any atom is -0.481 e. The fraction of sp³-hybridized carbons (Fsp3) is 0.600. The van der Waals surface area contributed by atoms with E-state index in [4.69, 9.17) is 9.47 Å². The van der Waals surface area contributed by atoms with Gasteiger partial charge >= 0.3 is 11.9 Å². The van der Waals surface area contributed by atoms with E-state index < -0.39 is 34.9 Å². The number of halogens is 1. The number of benzene rings is 1. The summed E-state index contributed by atoms with van der Waals surface area (Å²) in [6.45, 7) is 9.30. The van der Waals surface area contributed by atoms with Crippen LogP contribution in [0.5, 0.6) is 5.75 Å². The maximum Gasteiger partial charge on any atom is 0.350 e. The zero-order valence-electron chi connectivity index (χ0n) is 16.5. The molecule has 27 heavy (non-hydrogen) atoms. The van der Waals surface area contributed by atoms with Gasteiger partial charge in [0.1, 0.15) is 17.2 Å². The molecule has 0 spiro atoms. The number of carboxylic acid groups (broad SMARTS) is 1. The Balaban J connectivity index is 2.19. The average Bonchev–Trinajstić information content (AvgIpc) is 2.55. The average molecular weight is 381 g/mol. The first-order chi connectivity index (χ1) is 12.4. The van der Waals surface area contributed by atoms with Crippen molar-refractivity contribution >= 4 is 17.6 Å². The van der Waals surface area contributed by atoms with Gasteiger partial charge in [-0.15, -0.1) is 0 Å². The molecule has 1 aliphatic heterocycles. The van der Waals surface area contributed by atoms with Crippen LogP contribution in [0.3, 0.4) is 0 Å². The molecule has 6 nitrogen and oxygen atoms in total. The van der Waals surface area contributed by atoms with Crippen LogP contribution in [0, 0.1) is 11.7 Å². The summed E-state index contributed by atoms with van der Waals surface area (Å²) in [6.07, 6.45) is 1.25. The summed E-state index contributed by atoms with van der Waals surface area (Å²) in [6, 6.07) is 4.22. The topological polar surface area (TPSA) is 76.1 Å². The quantitative estimate of drug-likeness (QED) is 0.785. The van der Waals surface area contributed by atoms with Crippen molar-refractivity contribution in [1.82, 2.24) is 0 Å². The van der Waals surface area contributed by atoms with Gasteiger partial charge in [-0.2, -0.15) is 0 Å². The van der Waals surface area contributed by atoms with E-state index in [0.29, 0.717) is 25.1 Å². The Bertz CT molecular complexity index is 711.